The number of nitrogens with one attached hydrogen (secondary N) is 2. The molecule has 0 heterocycles. The van der Waals surface area contributed by atoms with E-state index in [1.807, 2.05) is 13.0 Å². The summed E-state index contributed by atoms with van der Waals surface area (Å²) in [6.07, 6.45) is 1.17. The molecule has 2 amide bonds. The zero-order valence-electron chi connectivity index (χ0n) is 15.0. The highest BCUT2D eigenvalue weighted by molar-refractivity contribution is 9.10. The second-order valence-corrected chi connectivity index (χ2v) is 7.91. The molecule has 1 aliphatic carbocycles. The summed E-state index contributed by atoms with van der Waals surface area (Å²) in [6.45, 7) is 3.58. The lowest BCUT2D eigenvalue weighted by Gasteiger charge is -2.17. The molecule has 27 heavy (non-hydrogen) atoms. The third-order valence-corrected chi connectivity index (χ3v) is 5.13. The first-order chi connectivity index (χ1) is 12.8. The summed E-state index contributed by atoms with van der Waals surface area (Å²) in [4.78, 5) is 24.5. The maximum absolute atomic E-state index is 12.5. The van der Waals surface area contributed by atoms with E-state index >= 15 is 0 Å². The monoisotopic (exact) mass is 450 g/mol. The minimum atomic E-state index is -0.715. The van der Waals surface area contributed by atoms with Crippen molar-refractivity contribution in [3.8, 4) is 5.75 Å². The molecule has 7 heteroatoms. The SMILES string of the molecule is Cc1ccc(NC(=O)C(C)Oc2ccc(Cl)cc2Br)cc1NC(=O)C1CC1. The molecule has 3 rings (SSSR count). The number of hydrogen-bond acceptors (Lipinski definition) is 3. The predicted molar refractivity (Wildman–Crippen MR) is 110 cm³/mol. The van der Waals surface area contributed by atoms with Crippen LogP contribution in [-0.4, -0.2) is 17.9 Å². The summed E-state index contributed by atoms with van der Waals surface area (Å²) in [6, 6.07) is 10.5. The van der Waals surface area contributed by atoms with Crippen molar-refractivity contribution in [2.24, 2.45) is 5.92 Å². The summed E-state index contributed by atoms with van der Waals surface area (Å²) in [5.41, 5.74) is 2.25. The molecule has 0 aromatic heterocycles. The van der Waals surface area contributed by atoms with Crippen LogP contribution in [0, 0.1) is 12.8 Å². The minimum absolute atomic E-state index is 0.0332. The maximum atomic E-state index is 12.5. The lowest BCUT2D eigenvalue weighted by Crippen LogP contribution is -2.30. The lowest BCUT2D eigenvalue weighted by atomic mass is 10.1. The number of rotatable bonds is 6. The molecule has 0 saturated heterocycles. The summed E-state index contributed by atoms with van der Waals surface area (Å²) < 4.78 is 6.38. The van der Waals surface area contributed by atoms with Gasteiger partial charge in [-0.3, -0.25) is 9.59 Å². The van der Waals surface area contributed by atoms with Gasteiger partial charge in [-0.1, -0.05) is 17.7 Å². The Balaban J connectivity index is 1.64. The van der Waals surface area contributed by atoms with Gasteiger partial charge in [0.1, 0.15) is 5.75 Å². The van der Waals surface area contributed by atoms with Gasteiger partial charge in [-0.15, -0.1) is 0 Å². The summed E-state index contributed by atoms with van der Waals surface area (Å²) >= 11 is 9.28. The van der Waals surface area contributed by atoms with Crippen LogP contribution >= 0.6 is 27.5 Å². The Bertz CT molecular complexity index is 884. The van der Waals surface area contributed by atoms with Crippen LogP contribution < -0.4 is 15.4 Å². The van der Waals surface area contributed by atoms with Crippen molar-refractivity contribution in [3.63, 3.8) is 0 Å². The highest BCUT2D eigenvalue weighted by Crippen LogP contribution is 2.31. The van der Waals surface area contributed by atoms with Crippen LogP contribution in [0.5, 0.6) is 5.75 Å². The Hall–Kier alpha value is -2.05. The number of carbonyl (C=O) groups excluding carboxylic acids is 2. The van der Waals surface area contributed by atoms with Crippen LogP contribution in [0.25, 0.3) is 0 Å². The molecule has 1 atom stereocenters. The molecule has 2 aromatic rings. The average molecular weight is 452 g/mol. The lowest BCUT2D eigenvalue weighted by molar-refractivity contribution is -0.122. The highest BCUT2D eigenvalue weighted by Gasteiger charge is 2.29. The summed E-state index contributed by atoms with van der Waals surface area (Å²) in [5.74, 6) is 0.392. The fourth-order valence-corrected chi connectivity index (χ4v) is 3.25. The Morgan fingerprint density at radius 1 is 1.19 bits per heavy atom. The van der Waals surface area contributed by atoms with Gasteiger partial charge < -0.3 is 15.4 Å². The van der Waals surface area contributed by atoms with Gasteiger partial charge in [0.25, 0.3) is 5.91 Å². The van der Waals surface area contributed by atoms with Crippen LogP contribution in [-0.2, 0) is 9.59 Å². The van der Waals surface area contributed by atoms with E-state index in [1.54, 1.807) is 37.3 Å². The molecule has 142 valence electrons. The van der Waals surface area contributed by atoms with Crippen molar-refractivity contribution in [3.05, 3.63) is 51.5 Å². The smallest absolute Gasteiger partial charge is 0.265 e. The van der Waals surface area contributed by atoms with Gasteiger partial charge in [0.05, 0.1) is 4.47 Å². The molecular weight excluding hydrogens is 432 g/mol. The third-order valence-electron chi connectivity index (χ3n) is 4.28. The zero-order valence-corrected chi connectivity index (χ0v) is 17.4. The second-order valence-electron chi connectivity index (χ2n) is 6.62. The highest BCUT2D eigenvalue weighted by atomic mass is 79.9. The van der Waals surface area contributed by atoms with E-state index in [4.69, 9.17) is 16.3 Å². The van der Waals surface area contributed by atoms with Crippen molar-refractivity contribution in [1.82, 2.24) is 0 Å². The standard InChI is InChI=1S/C20H20BrClN2O3/c1-11-3-7-15(10-17(11)24-20(26)13-4-5-13)23-19(25)12(2)27-18-8-6-14(22)9-16(18)21/h3,6-10,12-13H,4-5H2,1-2H3,(H,23,25)(H,24,26). The Kier molecular flexibility index (Phi) is 6.07. The van der Waals surface area contributed by atoms with Crippen molar-refractivity contribution < 1.29 is 14.3 Å². The van der Waals surface area contributed by atoms with E-state index in [0.717, 1.165) is 18.4 Å². The number of benzene rings is 2. The van der Waals surface area contributed by atoms with Crippen LogP contribution in [0.15, 0.2) is 40.9 Å². The second kappa shape index (κ2) is 8.31. The molecule has 2 N–H and O–H groups in total. The zero-order chi connectivity index (χ0) is 19.6. The number of hydrogen-bond donors (Lipinski definition) is 2. The van der Waals surface area contributed by atoms with Crippen LogP contribution in [0.1, 0.15) is 25.3 Å². The van der Waals surface area contributed by atoms with Gasteiger partial charge in [0, 0.05) is 22.3 Å². The molecule has 1 unspecified atom stereocenters. The maximum Gasteiger partial charge on any atom is 0.265 e. The Morgan fingerprint density at radius 3 is 2.59 bits per heavy atom. The van der Waals surface area contributed by atoms with E-state index in [0.29, 0.717) is 26.6 Å². The van der Waals surface area contributed by atoms with Crippen LogP contribution in [0.4, 0.5) is 11.4 Å². The molecule has 1 aliphatic rings. The average Bonchev–Trinajstić information content (AvgIpc) is 3.45. The molecule has 1 saturated carbocycles. The molecule has 5 nitrogen and oxygen atoms in total. The molecule has 0 radical (unpaired) electrons. The minimum Gasteiger partial charge on any atom is -0.480 e. The summed E-state index contributed by atoms with van der Waals surface area (Å²) in [5, 5.41) is 6.33. The third kappa shape index (κ3) is 5.23. The van der Waals surface area contributed by atoms with Gasteiger partial charge in [-0.2, -0.15) is 0 Å². The molecule has 0 aliphatic heterocycles. The Morgan fingerprint density at radius 2 is 1.93 bits per heavy atom. The first-order valence-electron chi connectivity index (χ1n) is 8.67. The van der Waals surface area contributed by atoms with Crippen molar-refractivity contribution in [2.75, 3.05) is 10.6 Å². The molecule has 1 fully saturated rings. The number of aryl methyl sites for hydroxylation is 1. The summed E-state index contributed by atoms with van der Waals surface area (Å²) in [7, 11) is 0. The van der Waals surface area contributed by atoms with Crippen LogP contribution in [0.3, 0.4) is 0 Å². The van der Waals surface area contributed by atoms with E-state index in [9.17, 15) is 9.59 Å². The normalized spacial score (nSPS) is 14.4. The largest absolute Gasteiger partial charge is 0.480 e. The number of ether oxygens (including phenoxy) is 1. The first-order valence-corrected chi connectivity index (χ1v) is 9.84. The van der Waals surface area contributed by atoms with Crippen molar-refractivity contribution in [1.29, 1.82) is 0 Å². The van der Waals surface area contributed by atoms with Gasteiger partial charge >= 0.3 is 0 Å². The van der Waals surface area contributed by atoms with Gasteiger partial charge in [-0.05, 0) is 78.5 Å². The molecular formula is C20H20BrClN2O3. The molecule has 0 spiro atoms. The van der Waals surface area contributed by atoms with E-state index in [-0.39, 0.29) is 17.7 Å². The van der Waals surface area contributed by atoms with E-state index in [2.05, 4.69) is 26.6 Å². The quantitative estimate of drug-likeness (QED) is 0.637. The predicted octanol–water partition coefficient (Wildman–Crippen LogP) is 5.17. The fraction of sp³-hybridized carbons (Fsp3) is 0.300. The van der Waals surface area contributed by atoms with E-state index < -0.39 is 6.10 Å². The topological polar surface area (TPSA) is 67.4 Å². The van der Waals surface area contributed by atoms with Gasteiger partial charge in [-0.25, -0.2) is 0 Å². The van der Waals surface area contributed by atoms with Gasteiger partial charge in [0.15, 0.2) is 6.10 Å². The number of amides is 2. The molecule has 2 aromatic carbocycles. The number of carbonyl (C=O) groups is 2. The van der Waals surface area contributed by atoms with Crippen LogP contribution in [0.2, 0.25) is 5.02 Å². The Labute approximate surface area is 171 Å². The fourth-order valence-electron chi connectivity index (χ4n) is 2.47. The number of halogens is 2. The molecule has 0 bridgehead atoms. The van der Waals surface area contributed by atoms with Gasteiger partial charge in [0.2, 0.25) is 5.91 Å². The first kappa shape index (κ1) is 19.7. The van der Waals surface area contributed by atoms with Crippen molar-refractivity contribution in [2.45, 2.75) is 32.8 Å². The van der Waals surface area contributed by atoms with Crippen molar-refractivity contribution >= 4 is 50.7 Å². The number of anilines is 2. The van der Waals surface area contributed by atoms with E-state index in [1.165, 1.54) is 0 Å².